The largest absolute Gasteiger partial charge is 0.511 e. The van der Waals surface area contributed by atoms with Crippen molar-refractivity contribution in [2.45, 2.75) is 95.7 Å². The Morgan fingerprint density at radius 1 is 1.32 bits per heavy atom. The summed E-state index contributed by atoms with van der Waals surface area (Å²) in [5.41, 5.74) is 8.04. The molecule has 1 aromatic carbocycles. The van der Waals surface area contributed by atoms with E-state index in [1.807, 2.05) is 19.1 Å². The molecular weight excluding hydrogens is 410 g/mol. The average Bonchev–Trinajstić information content (AvgIpc) is 3.18. The summed E-state index contributed by atoms with van der Waals surface area (Å²) in [6.07, 6.45) is 4.23. The minimum atomic E-state index is -0.693. The van der Waals surface area contributed by atoms with E-state index in [0.29, 0.717) is 12.8 Å². The number of hydrogen-bond acceptors (Lipinski definition) is 6. The molecule has 0 radical (unpaired) electrons. The Bertz CT molecular complexity index is 865. The molecule has 0 spiro atoms. The highest BCUT2D eigenvalue weighted by Crippen LogP contribution is 2.46. The summed E-state index contributed by atoms with van der Waals surface area (Å²) in [5.74, 6) is -0.226. The molecule has 2 heterocycles. The molecule has 1 aromatic rings. The Hall–Kier alpha value is -1.66. The molecule has 2 unspecified atom stereocenters. The Balaban J connectivity index is 1.88. The molecule has 2 aliphatic rings. The summed E-state index contributed by atoms with van der Waals surface area (Å²) < 4.78 is 11.8. The van der Waals surface area contributed by atoms with Gasteiger partial charge in [-0.3, -0.25) is 0 Å². The van der Waals surface area contributed by atoms with Crippen molar-refractivity contribution in [2.24, 2.45) is 5.92 Å². The number of carbonyl (C=O) groups excluding carboxylic acids is 1. The van der Waals surface area contributed by atoms with Crippen LogP contribution in [0.5, 0.6) is 0 Å². The number of anilines is 1. The van der Waals surface area contributed by atoms with Gasteiger partial charge in [-0.2, -0.15) is 0 Å². The smallest absolute Gasteiger partial charge is 0.349 e. The predicted octanol–water partition coefficient (Wildman–Crippen LogP) is 6.04. The second kappa shape index (κ2) is 9.07. The van der Waals surface area contributed by atoms with Gasteiger partial charge in [0.25, 0.3) is 0 Å². The minimum absolute atomic E-state index is 0.0930. The van der Waals surface area contributed by atoms with Gasteiger partial charge in [0.05, 0.1) is 6.10 Å². The molecule has 0 bridgehead atoms. The van der Waals surface area contributed by atoms with Crippen molar-refractivity contribution >= 4 is 23.4 Å². The highest BCUT2D eigenvalue weighted by atomic mass is 32.2. The Morgan fingerprint density at radius 2 is 2.03 bits per heavy atom. The van der Waals surface area contributed by atoms with E-state index < -0.39 is 11.6 Å². The average molecular weight is 448 g/mol. The van der Waals surface area contributed by atoms with Crippen molar-refractivity contribution < 1.29 is 19.4 Å². The monoisotopic (exact) mass is 447 g/mol. The van der Waals surface area contributed by atoms with Gasteiger partial charge in [-0.05, 0) is 67.2 Å². The summed E-state index contributed by atoms with van der Waals surface area (Å²) in [4.78, 5) is 14.3. The van der Waals surface area contributed by atoms with E-state index in [1.54, 1.807) is 0 Å². The number of benzene rings is 1. The number of ether oxygens (including phenoxy) is 2. The molecule has 3 rings (SSSR count). The number of thioether (sulfide) groups is 1. The van der Waals surface area contributed by atoms with Crippen LogP contribution in [-0.2, 0) is 19.7 Å². The molecule has 5 nitrogen and oxygen atoms in total. The van der Waals surface area contributed by atoms with Crippen LogP contribution in [0, 0.1) is 12.8 Å². The van der Waals surface area contributed by atoms with E-state index in [0.717, 1.165) is 47.6 Å². The lowest BCUT2D eigenvalue weighted by Gasteiger charge is -2.40. The second-order valence-corrected chi connectivity index (χ2v) is 11.3. The fraction of sp³-hybridized carbons (Fsp3) is 0.640. The first-order valence-corrected chi connectivity index (χ1v) is 12.1. The van der Waals surface area contributed by atoms with Crippen LogP contribution in [0.4, 0.5) is 5.69 Å². The highest BCUT2D eigenvalue weighted by molar-refractivity contribution is 8.04. The molecule has 0 saturated carbocycles. The van der Waals surface area contributed by atoms with Crippen LogP contribution in [0.2, 0.25) is 0 Å². The van der Waals surface area contributed by atoms with Gasteiger partial charge in [-0.25, -0.2) is 4.79 Å². The molecule has 2 atom stereocenters. The summed E-state index contributed by atoms with van der Waals surface area (Å²) in [5, 5.41) is 11.0. The van der Waals surface area contributed by atoms with Crippen LogP contribution in [0.3, 0.4) is 0 Å². The molecular formula is C25H37NO4S. The van der Waals surface area contributed by atoms with E-state index >= 15 is 0 Å². The van der Waals surface area contributed by atoms with Crippen LogP contribution in [0.25, 0.3) is 0 Å². The maximum absolute atomic E-state index is 13.1. The van der Waals surface area contributed by atoms with Crippen LogP contribution < -0.4 is 5.73 Å². The van der Waals surface area contributed by atoms with E-state index in [-0.39, 0.29) is 28.1 Å². The van der Waals surface area contributed by atoms with Gasteiger partial charge in [-0.15, -0.1) is 0 Å². The summed E-state index contributed by atoms with van der Waals surface area (Å²) in [6, 6.07) is 3.97. The number of esters is 1. The first-order valence-electron chi connectivity index (χ1n) is 11.3. The van der Waals surface area contributed by atoms with E-state index in [9.17, 15) is 9.90 Å². The van der Waals surface area contributed by atoms with Gasteiger partial charge >= 0.3 is 5.97 Å². The molecule has 172 valence electrons. The number of nitrogens with two attached hydrogens (primary N) is 1. The molecule has 1 fully saturated rings. The van der Waals surface area contributed by atoms with Crippen LogP contribution in [-0.4, -0.2) is 29.4 Å². The summed E-state index contributed by atoms with van der Waals surface area (Å²) in [6.45, 7) is 13.2. The third kappa shape index (κ3) is 5.23. The second-order valence-electron chi connectivity index (χ2n) is 10.3. The third-order valence-corrected chi connectivity index (χ3v) is 7.73. The molecule has 1 saturated heterocycles. The minimum Gasteiger partial charge on any atom is -0.511 e. The number of aryl methyl sites for hydroxylation is 1. The number of aliphatic hydroxyl groups excluding tert-OH is 1. The van der Waals surface area contributed by atoms with Crippen LogP contribution >= 0.6 is 11.8 Å². The number of cyclic esters (lactones) is 1. The topological polar surface area (TPSA) is 81.8 Å². The van der Waals surface area contributed by atoms with E-state index in [4.69, 9.17) is 15.2 Å². The maximum atomic E-state index is 13.1. The van der Waals surface area contributed by atoms with Crippen LogP contribution in [0.15, 0.2) is 27.7 Å². The normalized spacial score (nSPS) is 24.7. The first kappa shape index (κ1) is 24.0. The molecule has 6 heteroatoms. The van der Waals surface area contributed by atoms with Crippen molar-refractivity contribution in [1.82, 2.24) is 0 Å². The molecule has 3 N–H and O–H groups in total. The summed E-state index contributed by atoms with van der Waals surface area (Å²) in [7, 11) is 0. The zero-order valence-electron chi connectivity index (χ0n) is 19.7. The summed E-state index contributed by atoms with van der Waals surface area (Å²) >= 11 is 1.29. The van der Waals surface area contributed by atoms with Gasteiger partial charge in [0.2, 0.25) is 0 Å². The number of nitrogen functional groups attached to an aromatic ring is 1. The maximum Gasteiger partial charge on any atom is 0.349 e. The number of rotatable bonds is 6. The zero-order chi connectivity index (χ0) is 23.0. The lowest BCUT2D eigenvalue weighted by atomic mass is 9.80. The van der Waals surface area contributed by atoms with Crippen molar-refractivity contribution in [1.29, 1.82) is 0 Å². The fourth-order valence-corrected chi connectivity index (χ4v) is 5.60. The van der Waals surface area contributed by atoms with Gasteiger partial charge in [0.15, 0.2) is 0 Å². The Kier molecular flexibility index (Phi) is 7.02. The van der Waals surface area contributed by atoms with Crippen LogP contribution in [0.1, 0.15) is 77.8 Å². The van der Waals surface area contributed by atoms with Crippen molar-refractivity contribution in [3.63, 3.8) is 0 Å². The Labute approximate surface area is 190 Å². The van der Waals surface area contributed by atoms with Crippen molar-refractivity contribution in [3.05, 3.63) is 33.9 Å². The standard InChI is InChI=1S/C25H37NO4S/c1-15(2)25(10-9-17-8-7-11-29-17)14-20(27)22(23(28)30-25)31-21-12-16(3)19(26)13-18(21)24(4,5)6/h12-13,15,17,27H,7-11,14,26H2,1-6H3. The molecule has 0 aliphatic carbocycles. The highest BCUT2D eigenvalue weighted by Gasteiger charge is 2.45. The number of hydrogen-bond donors (Lipinski definition) is 2. The van der Waals surface area contributed by atoms with Gasteiger partial charge in [0.1, 0.15) is 16.3 Å². The molecule has 2 aliphatic heterocycles. The molecule has 31 heavy (non-hydrogen) atoms. The van der Waals surface area contributed by atoms with Crippen molar-refractivity contribution in [3.8, 4) is 0 Å². The van der Waals surface area contributed by atoms with E-state index in [1.165, 1.54) is 11.8 Å². The molecule has 0 aromatic heterocycles. The van der Waals surface area contributed by atoms with Gasteiger partial charge in [0, 0.05) is 23.6 Å². The first-order chi connectivity index (χ1) is 14.4. The number of carbonyl (C=O) groups is 1. The zero-order valence-corrected chi connectivity index (χ0v) is 20.5. The third-order valence-electron chi connectivity index (χ3n) is 6.56. The SMILES string of the molecule is Cc1cc(SC2=C(O)CC(CCC3CCCO3)(C(C)C)OC2=O)c(C(C)(C)C)cc1N. The lowest BCUT2D eigenvalue weighted by molar-refractivity contribution is -0.165. The van der Waals surface area contributed by atoms with Gasteiger partial charge in [-0.1, -0.05) is 46.4 Å². The Morgan fingerprint density at radius 3 is 2.58 bits per heavy atom. The van der Waals surface area contributed by atoms with E-state index in [2.05, 4.69) is 34.6 Å². The fourth-order valence-electron chi connectivity index (χ4n) is 4.36. The van der Waals surface area contributed by atoms with Gasteiger partial charge < -0.3 is 20.3 Å². The lowest BCUT2D eigenvalue weighted by Crippen LogP contribution is -2.44. The quantitative estimate of drug-likeness (QED) is 0.409. The molecule has 0 amide bonds. The van der Waals surface area contributed by atoms with Crippen molar-refractivity contribution in [2.75, 3.05) is 12.3 Å². The predicted molar refractivity (Wildman–Crippen MR) is 126 cm³/mol. The number of aliphatic hydroxyl groups is 1.